The van der Waals surface area contributed by atoms with Crippen molar-refractivity contribution in [3.8, 4) is 11.5 Å². The number of hydrogen-bond acceptors (Lipinski definition) is 4. The lowest BCUT2D eigenvalue weighted by Crippen LogP contribution is -2.25. The Morgan fingerprint density at radius 1 is 1.20 bits per heavy atom. The fourth-order valence-electron chi connectivity index (χ4n) is 1.91. The molecule has 0 fully saturated rings. The van der Waals surface area contributed by atoms with Crippen molar-refractivity contribution in [2.24, 2.45) is 0 Å². The quantitative estimate of drug-likeness (QED) is 0.841. The van der Waals surface area contributed by atoms with Crippen LogP contribution in [0.1, 0.15) is 16.1 Å². The Balaban J connectivity index is 2.11. The predicted molar refractivity (Wildman–Crippen MR) is 74.1 cm³/mol. The Labute approximate surface area is 117 Å². The van der Waals surface area contributed by atoms with E-state index in [0.29, 0.717) is 23.8 Å². The number of nitrogens with zero attached hydrogens (tertiary/aromatic N) is 1. The molecule has 1 aromatic carbocycles. The molecule has 0 spiro atoms. The normalized spacial score (nSPS) is 10.2. The van der Waals surface area contributed by atoms with Crippen LogP contribution in [0.2, 0.25) is 0 Å². The molecule has 0 aliphatic rings. The molecule has 0 aliphatic carbocycles. The predicted octanol–water partition coefficient (Wildman–Crippen LogP) is 2.57. The summed E-state index contributed by atoms with van der Waals surface area (Å²) in [5.74, 6) is 1.47. The maximum Gasteiger partial charge on any atom is 0.289 e. The molecule has 1 heterocycles. The molecular formula is C15H17NO4. The summed E-state index contributed by atoms with van der Waals surface area (Å²) in [6.45, 7) is 0.458. The van der Waals surface area contributed by atoms with Crippen LogP contribution in [0, 0.1) is 0 Å². The van der Waals surface area contributed by atoms with Crippen LogP contribution in [-0.2, 0) is 6.54 Å². The summed E-state index contributed by atoms with van der Waals surface area (Å²) in [6, 6.07) is 8.91. The van der Waals surface area contributed by atoms with Crippen molar-refractivity contribution in [1.29, 1.82) is 0 Å². The van der Waals surface area contributed by atoms with Crippen molar-refractivity contribution >= 4 is 5.91 Å². The Morgan fingerprint density at radius 3 is 2.55 bits per heavy atom. The highest BCUT2D eigenvalue weighted by atomic mass is 16.5. The molecular weight excluding hydrogens is 258 g/mol. The van der Waals surface area contributed by atoms with E-state index in [1.54, 1.807) is 38.3 Å². The van der Waals surface area contributed by atoms with Gasteiger partial charge in [0.2, 0.25) is 0 Å². The third-order valence-electron chi connectivity index (χ3n) is 2.95. The van der Waals surface area contributed by atoms with E-state index in [9.17, 15) is 4.79 Å². The Bertz CT molecular complexity index is 578. The fourth-order valence-corrected chi connectivity index (χ4v) is 1.91. The average molecular weight is 275 g/mol. The zero-order valence-corrected chi connectivity index (χ0v) is 11.8. The van der Waals surface area contributed by atoms with Gasteiger partial charge in [-0.05, 0) is 29.8 Å². The third kappa shape index (κ3) is 2.93. The van der Waals surface area contributed by atoms with E-state index < -0.39 is 0 Å². The molecule has 0 bridgehead atoms. The minimum atomic E-state index is -0.162. The number of ether oxygens (including phenoxy) is 2. The van der Waals surface area contributed by atoms with Crippen LogP contribution in [-0.4, -0.2) is 32.1 Å². The highest BCUT2D eigenvalue weighted by Crippen LogP contribution is 2.28. The van der Waals surface area contributed by atoms with Gasteiger partial charge in [0, 0.05) is 13.6 Å². The number of rotatable bonds is 5. The van der Waals surface area contributed by atoms with Crippen LogP contribution >= 0.6 is 0 Å². The Hall–Kier alpha value is -2.43. The standard InChI is InChI=1S/C15H17NO4/c1-16(15(17)13-5-4-8-20-13)10-11-6-7-12(18-2)14(9-11)19-3/h4-9H,10H2,1-3H3. The molecule has 0 unspecified atom stereocenters. The zero-order chi connectivity index (χ0) is 14.5. The molecule has 20 heavy (non-hydrogen) atoms. The second kappa shape index (κ2) is 6.14. The molecule has 1 amide bonds. The van der Waals surface area contributed by atoms with Gasteiger partial charge in [0.25, 0.3) is 5.91 Å². The first-order valence-electron chi connectivity index (χ1n) is 6.15. The summed E-state index contributed by atoms with van der Waals surface area (Å²) >= 11 is 0. The SMILES string of the molecule is COc1ccc(CN(C)C(=O)c2ccco2)cc1OC. The van der Waals surface area contributed by atoms with E-state index in [0.717, 1.165) is 5.56 Å². The average Bonchev–Trinajstić information content (AvgIpc) is 3.00. The molecule has 106 valence electrons. The summed E-state index contributed by atoms with van der Waals surface area (Å²) in [7, 11) is 4.89. The van der Waals surface area contributed by atoms with E-state index in [1.807, 2.05) is 18.2 Å². The van der Waals surface area contributed by atoms with Crippen LogP contribution < -0.4 is 9.47 Å². The second-order valence-corrected chi connectivity index (χ2v) is 4.33. The van der Waals surface area contributed by atoms with Gasteiger partial charge in [-0.2, -0.15) is 0 Å². The minimum Gasteiger partial charge on any atom is -0.493 e. The molecule has 0 atom stereocenters. The van der Waals surface area contributed by atoms with Gasteiger partial charge in [0.05, 0.1) is 20.5 Å². The lowest BCUT2D eigenvalue weighted by atomic mass is 10.2. The van der Waals surface area contributed by atoms with Gasteiger partial charge in [-0.1, -0.05) is 6.07 Å². The number of benzene rings is 1. The van der Waals surface area contributed by atoms with Crippen molar-refractivity contribution in [2.75, 3.05) is 21.3 Å². The molecule has 0 radical (unpaired) electrons. The summed E-state index contributed by atoms with van der Waals surface area (Å²) in [5.41, 5.74) is 0.949. The number of amides is 1. The van der Waals surface area contributed by atoms with Gasteiger partial charge in [-0.25, -0.2) is 0 Å². The maximum absolute atomic E-state index is 12.1. The molecule has 1 aromatic heterocycles. The Kier molecular flexibility index (Phi) is 4.30. The first-order valence-corrected chi connectivity index (χ1v) is 6.15. The number of hydrogen-bond donors (Lipinski definition) is 0. The van der Waals surface area contributed by atoms with Crippen LogP contribution in [0.5, 0.6) is 11.5 Å². The summed E-state index contributed by atoms with van der Waals surface area (Å²) in [6.07, 6.45) is 1.48. The van der Waals surface area contributed by atoms with E-state index >= 15 is 0 Å². The topological polar surface area (TPSA) is 51.9 Å². The highest BCUT2D eigenvalue weighted by Gasteiger charge is 2.15. The summed E-state index contributed by atoms with van der Waals surface area (Å²) < 4.78 is 15.5. The molecule has 5 nitrogen and oxygen atoms in total. The van der Waals surface area contributed by atoms with Gasteiger partial charge < -0.3 is 18.8 Å². The molecule has 2 rings (SSSR count). The van der Waals surface area contributed by atoms with Crippen LogP contribution in [0.3, 0.4) is 0 Å². The number of methoxy groups -OCH3 is 2. The van der Waals surface area contributed by atoms with Crippen molar-refractivity contribution in [2.45, 2.75) is 6.54 Å². The maximum atomic E-state index is 12.1. The summed E-state index contributed by atoms with van der Waals surface area (Å²) in [4.78, 5) is 13.6. The van der Waals surface area contributed by atoms with Crippen LogP contribution in [0.4, 0.5) is 0 Å². The molecule has 2 aromatic rings. The lowest BCUT2D eigenvalue weighted by Gasteiger charge is -2.17. The molecule has 5 heteroatoms. The number of carbonyl (C=O) groups excluding carboxylic acids is 1. The van der Waals surface area contributed by atoms with Gasteiger partial charge >= 0.3 is 0 Å². The van der Waals surface area contributed by atoms with Gasteiger partial charge in [-0.3, -0.25) is 4.79 Å². The van der Waals surface area contributed by atoms with E-state index in [4.69, 9.17) is 13.9 Å². The number of furan rings is 1. The van der Waals surface area contributed by atoms with Gasteiger partial charge in [-0.15, -0.1) is 0 Å². The van der Waals surface area contributed by atoms with Crippen LogP contribution in [0.25, 0.3) is 0 Å². The molecule has 0 N–H and O–H groups in total. The lowest BCUT2D eigenvalue weighted by molar-refractivity contribution is 0.0753. The van der Waals surface area contributed by atoms with E-state index in [2.05, 4.69) is 0 Å². The van der Waals surface area contributed by atoms with Crippen molar-refractivity contribution in [1.82, 2.24) is 4.90 Å². The summed E-state index contributed by atoms with van der Waals surface area (Å²) in [5, 5.41) is 0. The third-order valence-corrected chi connectivity index (χ3v) is 2.95. The second-order valence-electron chi connectivity index (χ2n) is 4.33. The van der Waals surface area contributed by atoms with Crippen molar-refractivity contribution in [3.05, 3.63) is 47.9 Å². The fraction of sp³-hybridized carbons (Fsp3) is 0.267. The van der Waals surface area contributed by atoms with E-state index in [-0.39, 0.29) is 5.91 Å². The smallest absolute Gasteiger partial charge is 0.289 e. The van der Waals surface area contributed by atoms with Crippen molar-refractivity contribution < 1.29 is 18.7 Å². The first kappa shape index (κ1) is 14.0. The first-order chi connectivity index (χ1) is 9.65. The van der Waals surface area contributed by atoms with Crippen LogP contribution in [0.15, 0.2) is 41.0 Å². The molecule has 0 saturated heterocycles. The highest BCUT2D eigenvalue weighted by molar-refractivity contribution is 5.91. The monoisotopic (exact) mass is 275 g/mol. The van der Waals surface area contributed by atoms with E-state index in [1.165, 1.54) is 6.26 Å². The zero-order valence-electron chi connectivity index (χ0n) is 11.8. The van der Waals surface area contributed by atoms with Crippen molar-refractivity contribution in [3.63, 3.8) is 0 Å². The minimum absolute atomic E-state index is 0.162. The molecule has 0 aliphatic heterocycles. The number of carbonyl (C=O) groups is 1. The molecule has 0 saturated carbocycles. The largest absolute Gasteiger partial charge is 0.493 e. The Morgan fingerprint density at radius 2 is 1.95 bits per heavy atom. The van der Waals surface area contributed by atoms with Gasteiger partial charge in [0.1, 0.15) is 0 Å². The van der Waals surface area contributed by atoms with Gasteiger partial charge in [0.15, 0.2) is 17.3 Å².